The van der Waals surface area contributed by atoms with Crippen molar-refractivity contribution >= 4 is 17.5 Å². The van der Waals surface area contributed by atoms with E-state index < -0.39 is 0 Å². The maximum atomic E-state index is 12.2. The van der Waals surface area contributed by atoms with Gasteiger partial charge in [-0.2, -0.15) is 0 Å². The van der Waals surface area contributed by atoms with Crippen molar-refractivity contribution in [2.75, 3.05) is 32.2 Å². The van der Waals surface area contributed by atoms with Crippen LogP contribution in [0, 0.1) is 13.8 Å². The van der Waals surface area contributed by atoms with E-state index in [-0.39, 0.29) is 11.8 Å². The van der Waals surface area contributed by atoms with Crippen molar-refractivity contribution in [2.24, 2.45) is 0 Å². The van der Waals surface area contributed by atoms with Gasteiger partial charge < -0.3 is 19.7 Å². The Morgan fingerprint density at radius 1 is 1.03 bits per heavy atom. The number of hydrogen-bond donors (Lipinski definition) is 1. The van der Waals surface area contributed by atoms with Crippen LogP contribution in [-0.2, 0) is 16.0 Å². The molecular formula is C23H30N2O4. The highest BCUT2D eigenvalue weighted by molar-refractivity contribution is 5.92. The maximum absolute atomic E-state index is 12.2. The van der Waals surface area contributed by atoms with E-state index in [9.17, 15) is 9.59 Å². The number of carbonyl (C=O) groups is 2. The zero-order chi connectivity index (χ0) is 21.4. The second kappa shape index (κ2) is 10.5. The average Bonchev–Trinajstić information content (AvgIpc) is 2.71. The smallest absolute Gasteiger partial charge is 0.223 e. The SMILES string of the molecule is COc1ccc(CCC(=O)NCCN(C(C)=O)c2cccc(C)c2C)cc1OC. The summed E-state index contributed by atoms with van der Waals surface area (Å²) < 4.78 is 10.5. The lowest BCUT2D eigenvalue weighted by Gasteiger charge is -2.24. The molecule has 0 heterocycles. The van der Waals surface area contributed by atoms with Crippen LogP contribution < -0.4 is 19.7 Å². The molecule has 0 saturated heterocycles. The van der Waals surface area contributed by atoms with E-state index in [4.69, 9.17) is 9.47 Å². The molecule has 0 aromatic heterocycles. The van der Waals surface area contributed by atoms with Gasteiger partial charge in [0.25, 0.3) is 0 Å². The minimum absolute atomic E-state index is 0.0433. The fraction of sp³-hybridized carbons (Fsp3) is 0.391. The van der Waals surface area contributed by atoms with Crippen LogP contribution >= 0.6 is 0 Å². The first-order chi connectivity index (χ1) is 13.9. The van der Waals surface area contributed by atoms with Crippen molar-refractivity contribution in [1.82, 2.24) is 5.32 Å². The lowest BCUT2D eigenvalue weighted by atomic mass is 10.1. The van der Waals surface area contributed by atoms with Crippen molar-refractivity contribution in [3.05, 3.63) is 53.1 Å². The van der Waals surface area contributed by atoms with Gasteiger partial charge >= 0.3 is 0 Å². The highest BCUT2D eigenvalue weighted by Gasteiger charge is 2.15. The molecule has 2 aromatic rings. The molecular weight excluding hydrogens is 368 g/mol. The molecule has 1 N–H and O–H groups in total. The summed E-state index contributed by atoms with van der Waals surface area (Å²) in [6.07, 6.45) is 0.957. The topological polar surface area (TPSA) is 67.9 Å². The lowest BCUT2D eigenvalue weighted by molar-refractivity contribution is -0.121. The predicted octanol–water partition coefficient (Wildman–Crippen LogP) is 3.42. The third kappa shape index (κ3) is 5.98. The Morgan fingerprint density at radius 2 is 1.76 bits per heavy atom. The Labute approximate surface area is 172 Å². The molecule has 6 heteroatoms. The molecule has 2 aromatic carbocycles. The molecule has 29 heavy (non-hydrogen) atoms. The summed E-state index contributed by atoms with van der Waals surface area (Å²) in [5, 5.41) is 2.90. The van der Waals surface area contributed by atoms with Crippen molar-refractivity contribution in [3.63, 3.8) is 0 Å². The van der Waals surface area contributed by atoms with Crippen LogP contribution in [0.3, 0.4) is 0 Å². The molecule has 0 saturated carbocycles. The molecule has 6 nitrogen and oxygen atoms in total. The molecule has 0 bridgehead atoms. The standard InChI is InChI=1S/C23H30N2O4/c1-16-7-6-8-20(17(16)2)25(18(3)26)14-13-24-23(27)12-10-19-9-11-21(28-4)22(15-19)29-5/h6-9,11,15H,10,12-14H2,1-5H3,(H,24,27). The number of benzene rings is 2. The summed E-state index contributed by atoms with van der Waals surface area (Å²) in [4.78, 5) is 26.0. The number of nitrogens with zero attached hydrogens (tertiary/aromatic N) is 1. The van der Waals surface area contributed by atoms with Gasteiger partial charge in [-0.1, -0.05) is 18.2 Å². The zero-order valence-electron chi connectivity index (χ0n) is 17.9. The first kappa shape index (κ1) is 22.3. The first-order valence-electron chi connectivity index (χ1n) is 9.69. The normalized spacial score (nSPS) is 10.4. The van der Waals surface area contributed by atoms with E-state index in [0.29, 0.717) is 37.4 Å². The van der Waals surface area contributed by atoms with E-state index in [1.165, 1.54) is 0 Å². The number of carbonyl (C=O) groups excluding carboxylic acids is 2. The van der Waals surface area contributed by atoms with Gasteiger partial charge in [-0.05, 0) is 55.2 Å². The van der Waals surface area contributed by atoms with Crippen molar-refractivity contribution in [2.45, 2.75) is 33.6 Å². The minimum atomic E-state index is -0.0516. The molecule has 0 aliphatic heterocycles. The van der Waals surface area contributed by atoms with Gasteiger partial charge in [0.2, 0.25) is 11.8 Å². The third-order valence-corrected chi connectivity index (χ3v) is 4.99. The van der Waals surface area contributed by atoms with Crippen LogP contribution in [0.2, 0.25) is 0 Å². The maximum Gasteiger partial charge on any atom is 0.223 e. The highest BCUT2D eigenvalue weighted by atomic mass is 16.5. The molecule has 2 rings (SSSR count). The lowest BCUT2D eigenvalue weighted by Crippen LogP contribution is -2.38. The van der Waals surface area contributed by atoms with Crippen LogP contribution in [0.5, 0.6) is 11.5 Å². The summed E-state index contributed by atoms with van der Waals surface area (Å²) in [5.74, 6) is 1.22. The molecule has 0 atom stereocenters. The zero-order valence-corrected chi connectivity index (χ0v) is 17.9. The molecule has 0 radical (unpaired) electrons. The third-order valence-electron chi connectivity index (χ3n) is 4.99. The van der Waals surface area contributed by atoms with Crippen LogP contribution in [0.15, 0.2) is 36.4 Å². The molecule has 0 fully saturated rings. The van der Waals surface area contributed by atoms with Crippen LogP contribution in [-0.4, -0.2) is 39.1 Å². The second-order valence-electron chi connectivity index (χ2n) is 6.93. The van der Waals surface area contributed by atoms with Gasteiger partial charge in [0.05, 0.1) is 14.2 Å². The largest absolute Gasteiger partial charge is 0.493 e. The van der Waals surface area contributed by atoms with Crippen LogP contribution in [0.25, 0.3) is 0 Å². The van der Waals surface area contributed by atoms with Crippen molar-refractivity contribution in [1.29, 1.82) is 0 Å². The second-order valence-corrected chi connectivity index (χ2v) is 6.93. The van der Waals surface area contributed by atoms with Gasteiger partial charge in [0.1, 0.15) is 0 Å². The summed E-state index contributed by atoms with van der Waals surface area (Å²) in [6, 6.07) is 11.5. The number of amides is 2. The summed E-state index contributed by atoms with van der Waals surface area (Å²) in [6.45, 7) is 6.40. The Kier molecular flexibility index (Phi) is 8.07. The Morgan fingerprint density at radius 3 is 2.41 bits per heavy atom. The highest BCUT2D eigenvalue weighted by Crippen LogP contribution is 2.28. The van der Waals surface area contributed by atoms with Gasteiger partial charge in [-0.15, -0.1) is 0 Å². The quantitative estimate of drug-likeness (QED) is 0.703. The van der Waals surface area contributed by atoms with Crippen molar-refractivity contribution in [3.8, 4) is 11.5 Å². The molecule has 156 valence electrons. The average molecular weight is 399 g/mol. The first-order valence-corrected chi connectivity index (χ1v) is 9.69. The molecule has 0 aliphatic carbocycles. The number of nitrogens with one attached hydrogen (secondary N) is 1. The fourth-order valence-electron chi connectivity index (χ4n) is 3.17. The number of rotatable bonds is 9. The van der Waals surface area contributed by atoms with E-state index in [0.717, 1.165) is 22.4 Å². The van der Waals surface area contributed by atoms with Gasteiger partial charge in [0, 0.05) is 32.1 Å². The Bertz CT molecular complexity index is 864. The molecule has 2 amide bonds. The summed E-state index contributed by atoms with van der Waals surface area (Å²) in [7, 11) is 3.18. The summed E-state index contributed by atoms with van der Waals surface area (Å²) in [5.41, 5.74) is 4.09. The minimum Gasteiger partial charge on any atom is -0.493 e. The number of ether oxygens (including phenoxy) is 2. The van der Waals surface area contributed by atoms with Crippen LogP contribution in [0.4, 0.5) is 5.69 Å². The van der Waals surface area contributed by atoms with Crippen LogP contribution in [0.1, 0.15) is 30.0 Å². The van der Waals surface area contributed by atoms with Gasteiger partial charge in [0.15, 0.2) is 11.5 Å². The number of hydrogen-bond acceptors (Lipinski definition) is 4. The van der Waals surface area contributed by atoms with E-state index in [1.54, 1.807) is 26.0 Å². The van der Waals surface area contributed by atoms with E-state index >= 15 is 0 Å². The Balaban J connectivity index is 1.88. The number of anilines is 1. The molecule has 0 spiro atoms. The molecule has 0 unspecified atom stereocenters. The summed E-state index contributed by atoms with van der Waals surface area (Å²) >= 11 is 0. The number of aryl methyl sites for hydroxylation is 2. The number of methoxy groups -OCH3 is 2. The van der Waals surface area contributed by atoms with Gasteiger partial charge in [-0.25, -0.2) is 0 Å². The molecule has 0 aliphatic rings. The fourth-order valence-corrected chi connectivity index (χ4v) is 3.17. The van der Waals surface area contributed by atoms with E-state index in [1.807, 2.05) is 50.2 Å². The van der Waals surface area contributed by atoms with E-state index in [2.05, 4.69) is 5.32 Å². The Hall–Kier alpha value is -3.02. The van der Waals surface area contributed by atoms with Crippen molar-refractivity contribution < 1.29 is 19.1 Å². The monoisotopic (exact) mass is 398 g/mol. The predicted molar refractivity (Wildman–Crippen MR) is 115 cm³/mol. The van der Waals surface area contributed by atoms with Gasteiger partial charge in [-0.3, -0.25) is 9.59 Å².